The van der Waals surface area contributed by atoms with E-state index < -0.39 is 22.5 Å². The van der Waals surface area contributed by atoms with Crippen molar-refractivity contribution in [3.63, 3.8) is 0 Å². The number of piperidine rings is 1. The first-order valence-corrected chi connectivity index (χ1v) is 9.92. The highest BCUT2D eigenvalue weighted by atomic mass is 16.5. The molecular formula is C21H24N2O4. The Morgan fingerprint density at radius 1 is 1.33 bits per heavy atom. The molecule has 0 unspecified atom stereocenters. The SMILES string of the molecule is COC(=O)[C@]12CC[C@@]34CC(=O)[C@H]5CN(CC[C@@H]3O)[C@@H]4[C@]51c1ccccc1N2. The van der Waals surface area contributed by atoms with Gasteiger partial charge in [-0.3, -0.25) is 9.69 Å². The molecule has 1 spiro atoms. The molecule has 6 heteroatoms. The van der Waals surface area contributed by atoms with E-state index in [1.165, 1.54) is 7.11 Å². The van der Waals surface area contributed by atoms with Gasteiger partial charge in [-0.2, -0.15) is 0 Å². The molecule has 4 fully saturated rings. The van der Waals surface area contributed by atoms with Crippen LogP contribution in [0.15, 0.2) is 24.3 Å². The summed E-state index contributed by atoms with van der Waals surface area (Å²) in [5.41, 5.74) is -0.0731. The zero-order valence-electron chi connectivity index (χ0n) is 15.4. The Labute approximate surface area is 157 Å². The van der Waals surface area contributed by atoms with E-state index in [0.717, 1.165) is 17.8 Å². The molecule has 0 radical (unpaired) electrons. The van der Waals surface area contributed by atoms with Gasteiger partial charge in [-0.05, 0) is 30.9 Å². The molecule has 0 amide bonds. The van der Waals surface area contributed by atoms with E-state index in [0.29, 0.717) is 32.2 Å². The largest absolute Gasteiger partial charge is 0.467 e. The summed E-state index contributed by atoms with van der Waals surface area (Å²) >= 11 is 0. The first kappa shape index (κ1) is 16.1. The summed E-state index contributed by atoms with van der Waals surface area (Å²) in [6.45, 7) is 1.45. The number of hydrogen-bond acceptors (Lipinski definition) is 6. The lowest BCUT2D eigenvalue weighted by molar-refractivity contribution is -0.178. The molecule has 5 aliphatic rings. The first-order valence-electron chi connectivity index (χ1n) is 9.92. The van der Waals surface area contributed by atoms with Crippen molar-refractivity contribution >= 4 is 17.4 Å². The van der Waals surface area contributed by atoms with Crippen LogP contribution in [0.3, 0.4) is 0 Å². The number of Topliss-reactive ketones (excluding diaryl/α,β-unsaturated/α-hetero) is 1. The second-order valence-corrected chi connectivity index (χ2v) is 9.07. The number of ether oxygens (including phenoxy) is 1. The Morgan fingerprint density at radius 2 is 2.15 bits per heavy atom. The molecule has 0 aromatic heterocycles. The van der Waals surface area contributed by atoms with Gasteiger partial charge in [0.1, 0.15) is 11.3 Å². The molecular weight excluding hydrogens is 344 g/mol. The van der Waals surface area contributed by atoms with Crippen LogP contribution in [0.25, 0.3) is 0 Å². The Balaban J connectivity index is 1.72. The van der Waals surface area contributed by atoms with Crippen LogP contribution in [0.1, 0.15) is 31.2 Å². The maximum Gasteiger partial charge on any atom is 0.332 e. The highest BCUT2D eigenvalue weighted by Crippen LogP contribution is 2.72. The standard InChI is InChI=1S/C21H24N2O4/c1-27-18(26)20-8-7-19-10-15(24)13-11-23(9-6-16(19)25)17(19)21(13,20)12-4-2-3-5-14(12)22-20/h2-5,13,16-17,22,25H,6-11H2,1H3/t13-,16+,17+,19-,20-,21+/m1/s1. The number of aliphatic hydroxyl groups excluding tert-OH is 1. The minimum Gasteiger partial charge on any atom is -0.467 e. The number of nitrogens with one attached hydrogen (secondary N) is 1. The van der Waals surface area contributed by atoms with Crippen LogP contribution in [0.2, 0.25) is 0 Å². The molecule has 6 atom stereocenters. The van der Waals surface area contributed by atoms with Crippen LogP contribution in [0.4, 0.5) is 5.69 Å². The quantitative estimate of drug-likeness (QED) is 0.723. The zero-order chi connectivity index (χ0) is 18.6. The normalized spacial score (nSPS) is 46.4. The van der Waals surface area contributed by atoms with Crippen molar-refractivity contribution in [3.05, 3.63) is 29.8 Å². The maximum atomic E-state index is 13.4. The summed E-state index contributed by atoms with van der Waals surface area (Å²) in [5.74, 6) is -0.327. The summed E-state index contributed by atoms with van der Waals surface area (Å²) < 4.78 is 5.32. The number of nitrogens with zero attached hydrogens (tertiary/aromatic N) is 1. The number of carbonyl (C=O) groups is 2. The summed E-state index contributed by atoms with van der Waals surface area (Å²) in [5, 5.41) is 14.6. The van der Waals surface area contributed by atoms with Crippen molar-refractivity contribution in [2.45, 2.75) is 48.8 Å². The third-order valence-electron chi connectivity index (χ3n) is 8.48. The third-order valence-corrected chi connectivity index (χ3v) is 8.48. The van der Waals surface area contributed by atoms with E-state index in [2.05, 4.69) is 16.3 Å². The lowest BCUT2D eigenvalue weighted by Crippen LogP contribution is -2.78. The molecule has 4 bridgehead atoms. The van der Waals surface area contributed by atoms with E-state index in [4.69, 9.17) is 4.74 Å². The Morgan fingerprint density at radius 3 is 2.96 bits per heavy atom. The number of anilines is 1. The molecule has 1 aromatic carbocycles. The minimum atomic E-state index is -0.938. The third kappa shape index (κ3) is 1.45. The van der Waals surface area contributed by atoms with Gasteiger partial charge in [0.15, 0.2) is 0 Å². The summed E-state index contributed by atoms with van der Waals surface area (Å²) in [4.78, 5) is 29.1. The number of rotatable bonds is 1. The lowest BCUT2D eigenvalue weighted by atomic mass is 9.41. The van der Waals surface area contributed by atoms with Gasteiger partial charge in [-0.1, -0.05) is 18.2 Å². The van der Waals surface area contributed by atoms with Crippen molar-refractivity contribution in [2.75, 3.05) is 25.5 Å². The number of ketones is 1. The Kier molecular flexibility index (Phi) is 2.82. The molecule has 3 heterocycles. The molecule has 2 saturated heterocycles. The van der Waals surface area contributed by atoms with Crippen LogP contribution in [0, 0.1) is 11.3 Å². The fraction of sp³-hybridized carbons (Fsp3) is 0.619. The van der Waals surface area contributed by atoms with Gasteiger partial charge in [-0.15, -0.1) is 0 Å². The van der Waals surface area contributed by atoms with Gasteiger partial charge in [-0.25, -0.2) is 4.79 Å². The van der Waals surface area contributed by atoms with E-state index in [-0.39, 0.29) is 23.7 Å². The molecule has 2 saturated carbocycles. The predicted molar refractivity (Wildman–Crippen MR) is 97.3 cm³/mol. The van der Waals surface area contributed by atoms with Crippen molar-refractivity contribution < 1.29 is 19.4 Å². The first-order chi connectivity index (χ1) is 13.0. The maximum absolute atomic E-state index is 13.4. The van der Waals surface area contributed by atoms with Gasteiger partial charge >= 0.3 is 5.97 Å². The Bertz CT molecular complexity index is 887. The Hall–Kier alpha value is -1.92. The lowest BCUT2D eigenvalue weighted by Gasteiger charge is -2.65. The van der Waals surface area contributed by atoms with Crippen molar-refractivity contribution in [1.29, 1.82) is 0 Å². The van der Waals surface area contributed by atoms with Crippen molar-refractivity contribution in [2.24, 2.45) is 11.3 Å². The van der Waals surface area contributed by atoms with Crippen LogP contribution in [0.5, 0.6) is 0 Å². The molecule has 3 aliphatic heterocycles. The predicted octanol–water partition coefficient (Wildman–Crippen LogP) is 1.08. The summed E-state index contributed by atoms with van der Waals surface area (Å²) in [7, 11) is 1.43. The number of methoxy groups -OCH3 is 1. The fourth-order valence-corrected chi connectivity index (χ4v) is 7.73. The smallest absolute Gasteiger partial charge is 0.332 e. The topological polar surface area (TPSA) is 78.9 Å². The van der Waals surface area contributed by atoms with Gasteiger partial charge in [0.05, 0.1) is 18.6 Å². The van der Waals surface area contributed by atoms with Gasteiger partial charge in [0.25, 0.3) is 0 Å². The van der Waals surface area contributed by atoms with Crippen LogP contribution in [-0.4, -0.2) is 59.6 Å². The molecule has 2 N–H and O–H groups in total. The number of para-hydroxylation sites is 1. The number of hydrogen-bond donors (Lipinski definition) is 2. The van der Waals surface area contributed by atoms with Crippen molar-refractivity contribution in [1.82, 2.24) is 4.90 Å². The molecule has 2 aliphatic carbocycles. The van der Waals surface area contributed by atoms with Crippen LogP contribution >= 0.6 is 0 Å². The highest BCUT2D eigenvalue weighted by molar-refractivity contribution is 5.98. The number of esters is 1. The minimum absolute atomic E-state index is 0.0135. The van der Waals surface area contributed by atoms with Crippen LogP contribution < -0.4 is 5.32 Å². The summed E-state index contributed by atoms with van der Waals surface area (Å²) in [6, 6.07) is 8.01. The van der Waals surface area contributed by atoms with E-state index in [9.17, 15) is 14.7 Å². The number of fused-ring (bicyclic) bond motifs is 1. The van der Waals surface area contributed by atoms with E-state index >= 15 is 0 Å². The monoisotopic (exact) mass is 368 g/mol. The molecule has 6 rings (SSSR count). The zero-order valence-corrected chi connectivity index (χ0v) is 15.4. The summed E-state index contributed by atoms with van der Waals surface area (Å²) in [6.07, 6.45) is 1.88. The van der Waals surface area contributed by atoms with E-state index in [1.54, 1.807) is 0 Å². The van der Waals surface area contributed by atoms with Crippen LogP contribution in [-0.2, 0) is 19.7 Å². The van der Waals surface area contributed by atoms with Crippen molar-refractivity contribution in [3.8, 4) is 0 Å². The second-order valence-electron chi connectivity index (χ2n) is 9.07. The number of carbonyl (C=O) groups excluding carboxylic acids is 2. The average Bonchev–Trinajstić information content (AvgIpc) is 3.16. The molecule has 6 nitrogen and oxygen atoms in total. The average molecular weight is 368 g/mol. The van der Waals surface area contributed by atoms with E-state index in [1.807, 2.05) is 18.2 Å². The van der Waals surface area contributed by atoms with Gasteiger partial charge in [0.2, 0.25) is 0 Å². The fourth-order valence-electron chi connectivity index (χ4n) is 7.73. The molecule has 27 heavy (non-hydrogen) atoms. The number of benzene rings is 1. The highest BCUT2D eigenvalue weighted by Gasteiger charge is 2.82. The number of aliphatic hydroxyl groups is 1. The van der Waals surface area contributed by atoms with Gasteiger partial charge < -0.3 is 15.2 Å². The van der Waals surface area contributed by atoms with Gasteiger partial charge in [0, 0.05) is 42.6 Å². The molecule has 142 valence electrons. The second kappa shape index (κ2) is 4.73. The molecule has 1 aromatic rings.